The topological polar surface area (TPSA) is 90.5 Å². The van der Waals surface area contributed by atoms with Crippen LogP contribution >= 0.6 is 11.8 Å². The van der Waals surface area contributed by atoms with E-state index in [0.29, 0.717) is 11.2 Å². The van der Waals surface area contributed by atoms with Gasteiger partial charge in [0.05, 0.1) is 17.0 Å². The van der Waals surface area contributed by atoms with Gasteiger partial charge in [-0.3, -0.25) is 4.79 Å². The zero-order valence-electron chi connectivity index (χ0n) is 14.5. The standard InChI is InChI=1S/C17H19N7OS/c1-11-8-9-18-23(11)15-5-3-4-13(10-15)19-16(25)12(2)26-17-20-21-22-24(17)14-6-7-14/h3-5,8-10,12,14H,6-7H2,1-2H3,(H,19,25). The van der Waals surface area contributed by atoms with Crippen molar-refractivity contribution >= 4 is 23.4 Å². The fraction of sp³-hybridized carbons (Fsp3) is 0.353. The molecule has 3 aromatic rings. The molecule has 1 saturated carbocycles. The lowest BCUT2D eigenvalue weighted by atomic mass is 10.2. The molecule has 0 spiro atoms. The molecule has 1 aliphatic carbocycles. The summed E-state index contributed by atoms with van der Waals surface area (Å²) in [6, 6.07) is 9.95. The van der Waals surface area contributed by atoms with E-state index in [-0.39, 0.29) is 11.2 Å². The lowest BCUT2D eigenvalue weighted by Gasteiger charge is -2.13. The Balaban J connectivity index is 1.44. The van der Waals surface area contributed by atoms with Crippen molar-refractivity contribution in [1.82, 2.24) is 30.0 Å². The largest absolute Gasteiger partial charge is 0.325 e. The third-order valence-corrected chi connectivity index (χ3v) is 5.24. The second-order valence-electron chi connectivity index (χ2n) is 6.32. The summed E-state index contributed by atoms with van der Waals surface area (Å²) in [7, 11) is 0. The van der Waals surface area contributed by atoms with E-state index in [1.807, 2.05) is 53.5 Å². The molecule has 2 heterocycles. The van der Waals surface area contributed by atoms with E-state index >= 15 is 0 Å². The Morgan fingerprint density at radius 2 is 2.19 bits per heavy atom. The smallest absolute Gasteiger partial charge is 0.237 e. The van der Waals surface area contributed by atoms with Crippen molar-refractivity contribution in [3.8, 4) is 5.69 Å². The first-order valence-corrected chi connectivity index (χ1v) is 9.36. The highest BCUT2D eigenvalue weighted by atomic mass is 32.2. The lowest BCUT2D eigenvalue weighted by molar-refractivity contribution is -0.115. The SMILES string of the molecule is Cc1ccnn1-c1cccc(NC(=O)C(C)Sc2nnnn2C2CC2)c1. The van der Waals surface area contributed by atoms with Crippen LogP contribution in [0.1, 0.15) is 31.5 Å². The van der Waals surface area contributed by atoms with E-state index in [4.69, 9.17) is 0 Å². The molecular formula is C17H19N7OS. The van der Waals surface area contributed by atoms with Crippen molar-refractivity contribution in [3.63, 3.8) is 0 Å². The lowest BCUT2D eigenvalue weighted by Crippen LogP contribution is -2.23. The van der Waals surface area contributed by atoms with Crippen LogP contribution in [-0.4, -0.2) is 41.1 Å². The van der Waals surface area contributed by atoms with Gasteiger partial charge in [0.25, 0.3) is 0 Å². The van der Waals surface area contributed by atoms with Crippen LogP contribution in [-0.2, 0) is 4.79 Å². The fourth-order valence-electron chi connectivity index (χ4n) is 2.62. The van der Waals surface area contributed by atoms with Crippen molar-refractivity contribution in [2.75, 3.05) is 5.32 Å². The maximum atomic E-state index is 12.6. The van der Waals surface area contributed by atoms with Gasteiger partial charge in [-0.1, -0.05) is 17.8 Å². The van der Waals surface area contributed by atoms with E-state index in [9.17, 15) is 4.79 Å². The molecule has 1 fully saturated rings. The molecule has 4 rings (SSSR count). The minimum Gasteiger partial charge on any atom is -0.325 e. The number of nitrogens with zero attached hydrogens (tertiary/aromatic N) is 6. The molecule has 2 aromatic heterocycles. The van der Waals surface area contributed by atoms with Gasteiger partial charge in [0, 0.05) is 17.6 Å². The summed E-state index contributed by atoms with van der Waals surface area (Å²) in [5, 5.41) is 19.4. The first-order chi connectivity index (χ1) is 12.6. The number of hydrogen-bond donors (Lipinski definition) is 1. The van der Waals surface area contributed by atoms with Crippen molar-refractivity contribution in [3.05, 3.63) is 42.2 Å². The van der Waals surface area contributed by atoms with Gasteiger partial charge in [-0.05, 0) is 61.4 Å². The molecule has 1 atom stereocenters. The Morgan fingerprint density at radius 1 is 1.35 bits per heavy atom. The minimum absolute atomic E-state index is 0.0883. The maximum Gasteiger partial charge on any atom is 0.237 e. The fourth-order valence-corrected chi connectivity index (χ4v) is 3.48. The van der Waals surface area contributed by atoms with E-state index in [2.05, 4.69) is 25.9 Å². The number of carbonyl (C=O) groups is 1. The Bertz CT molecular complexity index is 931. The number of amides is 1. The third kappa shape index (κ3) is 3.48. The molecule has 0 aliphatic heterocycles. The van der Waals surface area contributed by atoms with E-state index in [1.54, 1.807) is 6.20 Å². The molecule has 1 unspecified atom stereocenters. The Labute approximate surface area is 155 Å². The molecule has 26 heavy (non-hydrogen) atoms. The van der Waals surface area contributed by atoms with Crippen LogP contribution in [0.4, 0.5) is 5.69 Å². The number of thioether (sulfide) groups is 1. The molecule has 1 aliphatic rings. The van der Waals surface area contributed by atoms with Gasteiger partial charge < -0.3 is 5.32 Å². The number of carbonyl (C=O) groups excluding carboxylic acids is 1. The highest BCUT2D eigenvalue weighted by Crippen LogP contribution is 2.37. The van der Waals surface area contributed by atoms with Crippen LogP contribution < -0.4 is 5.32 Å². The summed E-state index contributed by atoms with van der Waals surface area (Å²) in [5.74, 6) is -0.0883. The van der Waals surface area contributed by atoms with Gasteiger partial charge in [-0.25, -0.2) is 9.36 Å². The highest BCUT2D eigenvalue weighted by molar-refractivity contribution is 8.00. The van der Waals surface area contributed by atoms with Crippen molar-refractivity contribution in [2.24, 2.45) is 0 Å². The van der Waals surface area contributed by atoms with Gasteiger partial charge in [0.2, 0.25) is 11.1 Å². The maximum absolute atomic E-state index is 12.6. The predicted molar refractivity (Wildman–Crippen MR) is 98.3 cm³/mol. The molecule has 8 nitrogen and oxygen atoms in total. The van der Waals surface area contributed by atoms with Gasteiger partial charge in [-0.15, -0.1) is 5.10 Å². The molecule has 0 radical (unpaired) electrons. The van der Waals surface area contributed by atoms with Crippen LogP contribution in [0.15, 0.2) is 41.7 Å². The van der Waals surface area contributed by atoms with E-state index in [0.717, 1.165) is 29.9 Å². The number of aromatic nitrogens is 6. The average molecular weight is 369 g/mol. The Morgan fingerprint density at radius 3 is 2.92 bits per heavy atom. The van der Waals surface area contributed by atoms with Gasteiger partial charge in [0.1, 0.15) is 0 Å². The molecule has 9 heteroatoms. The van der Waals surface area contributed by atoms with Crippen molar-refractivity contribution in [2.45, 2.75) is 43.1 Å². The van der Waals surface area contributed by atoms with Gasteiger partial charge in [-0.2, -0.15) is 5.10 Å². The average Bonchev–Trinajstić information content (AvgIpc) is 3.22. The first kappa shape index (κ1) is 16.8. The first-order valence-electron chi connectivity index (χ1n) is 8.48. The van der Waals surface area contributed by atoms with Crippen LogP contribution in [0.5, 0.6) is 0 Å². The van der Waals surface area contributed by atoms with E-state index < -0.39 is 0 Å². The number of benzene rings is 1. The number of aryl methyl sites for hydroxylation is 1. The summed E-state index contributed by atoms with van der Waals surface area (Å²) in [6.07, 6.45) is 3.95. The second kappa shape index (κ2) is 6.91. The molecule has 134 valence electrons. The number of nitrogens with one attached hydrogen (secondary N) is 1. The zero-order valence-corrected chi connectivity index (χ0v) is 15.3. The summed E-state index contributed by atoms with van der Waals surface area (Å²) >= 11 is 1.37. The summed E-state index contributed by atoms with van der Waals surface area (Å²) in [6.45, 7) is 3.84. The minimum atomic E-state index is -0.311. The van der Waals surface area contributed by atoms with Gasteiger partial charge >= 0.3 is 0 Å². The third-order valence-electron chi connectivity index (χ3n) is 4.20. The molecule has 1 N–H and O–H groups in total. The second-order valence-corrected chi connectivity index (χ2v) is 7.63. The Hall–Kier alpha value is -2.68. The number of rotatable bonds is 6. The van der Waals surface area contributed by atoms with Crippen LogP contribution in [0.25, 0.3) is 5.69 Å². The quantitative estimate of drug-likeness (QED) is 0.672. The predicted octanol–water partition coefficient (Wildman–Crippen LogP) is 2.62. The number of tetrazole rings is 1. The number of anilines is 1. The summed E-state index contributed by atoms with van der Waals surface area (Å²) in [5.41, 5.74) is 2.67. The summed E-state index contributed by atoms with van der Waals surface area (Å²) < 4.78 is 3.65. The van der Waals surface area contributed by atoms with Gasteiger partial charge in [0.15, 0.2) is 0 Å². The molecule has 1 amide bonds. The highest BCUT2D eigenvalue weighted by Gasteiger charge is 2.29. The zero-order chi connectivity index (χ0) is 18.1. The van der Waals surface area contributed by atoms with Crippen LogP contribution in [0.3, 0.4) is 0 Å². The van der Waals surface area contributed by atoms with Crippen molar-refractivity contribution in [1.29, 1.82) is 0 Å². The molecule has 0 saturated heterocycles. The molecule has 1 aromatic carbocycles. The summed E-state index contributed by atoms with van der Waals surface area (Å²) in [4.78, 5) is 12.6. The van der Waals surface area contributed by atoms with E-state index in [1.165, 1.54) is 11.8 Å². The van der Waals surface area contributed by atoms with Crippen LogP contribution in [0.2, 0.25) is 0 Å². The van der Waals surface area contributed by atoms with Crippen molar-refractivity contribution < 1.29 is 4.79 Å². The normalized spacial score (nSPS) is 15.0. The monoisotopic (exact) mass is 369 g/mol. The van der Waals surface area contributed by atoms with Crippen LogP contribution in [0, 0.1) is 6.92 Å². The molecule has 0 bridgehead atoms. The number of hydrogen-bond acceptors (Lipinski definition) is 6. The Kier molecular flexibility index (Phi) is 4.46. The molecular weight excluding hydrogens is 350 g/mol.